The standard InChI is InChI=1S/C18H31N5/c1-4-19-17(21-14-16-10-6-7-11-20-16)22-15-18(2,3)23-12-8-5-9-13-23/h6-7,10-11H,4-5,8-9,12-15H2,1-3H3,(H2,19,21,22). The smallest absolute Gasteiger partial charge is 0.191 e. The highest BCUT2D eigenvalue weighted by Gasteiger charge is 2.27. The molecule has 0 unspecified atom stereocenters. The summed E-state index contributed by atoms with van der Waals surface area (Å²) in [5, 5.41) is 6.82. The minimum atomic E-state index is 0.140. The van der Waals surface area contributed by atoms with Crippen LogP contribution in [0.5, 0.6) is 0 Å². The molecule has 1 aromatic heterocycles. The van der Waals surface area contributed by atoms with E-state index in [1.807, 2.05) is 24.4 Å². The van der Waals surface area contributed by atoms with Gasteiger partial charge in [0.2, 0.25) is 0 Å². The number of aromatic nitrogens is 1. The van der Waals surface area contributed by atoms with Crippen LogP contribution < -0.4 is 10.6 Å². The molecule has 1 aliphatic rings. The Morgan fingerprint density at radius 1 is 1.22 bits per heavy atom. The molecule has 0 saturated carbocycles. The van der Waals surface area contributed by atoms with Gasteiger partial charge in [-0.3, -0.25) is 9.88 Å². The van der Waals surface area contributed by atoms with Gasteiger partial charge in [-0.2, -0.15) is 0 Å². The zero-order valence-electron chi connectivity index (χ0n) is 14.8. The Morgan fingerprint density at radius 3 is 2.65 bits per heavy atom. The molecule has 23 heavy (non-hydrogen) atoms. The van der Waals surface area contributed by atoms with Gasteiger partial charge >= 0.3 is 0 Å². The molecule has 0 aliphatic carbocycles. The number of rotatable bonds is 6. The maximum atomic E-state index is 4.65. The van der Waals surface area contributed by atoms with E-state index in [0.29, 0.717) is 6.54 Å². The largest absolute Gasteiger partial charge is 0.357 e. The Bertz CT molecular complexity index is 477. The number of likely N-dealkylation sites (tertiary alicyclic amines) is 1. The summed E-state index contributed by atoms with van der Waals surface area (Å²) in [6.45, 7) is 11.5. The van der Waals surface area contributed by atoms with Gasteiger partial charge < -0.3 is 10.6 Å². The first kappa shape index (κ1) is 17.7. The molecule has 1 aliphatic heterocycles. The summed E-state index contributed by atoms with van der Waals surface area (Å²) in [5.41, 5.74) is 1.13. The van der Waals surface area contributed by atoms with Crippen molar-refractivity contribution < 1.29 is 0 Å². The van der Waals surface area contributed by atoms with Crippen LogP contribution in [-0.2, 0) is 6.54 Å². The van der Waals surface area contributed by atoms with Crippen molar-refractivity contribution in [1.29, 1.82) is 0 Å². The number of guanidine groups is 1. The van der Waals surface area contributed by atoms with Crippen molar-refractivity contribution in [2.75, 3.05) is 26.2 Å². The van der Waals surface area contributed by atoms with E-state index in [-0.39, 0.29) is 5.54 Å². The van der Waals surface area contributed by atoms with Gasteiger partial charge in [0.15, 0.2) is 5.96 Å². The lowest BCUT2D eigenvalue weighted by molar-refractivity contribution is 0.0982. The van der Waals surface area contributed by atoms with Gasteiger partial charge in [-0.1, -0.05) is 12.5 Å². The molecule has 1 fully saturated rings. The van der Waals surface area contributed by atoms with E-state index in [4.69, 9.17) is 0 Å². The maximum Gasteiger partial charge on any atom is 0.191 e. The van der Waals surface area contributed by atoms with Gasteiger partial charge in [-0.05, 0) is 58.8 Å². The number of hydrogen-bond donors (Lipinski definition) is 2. The molecular weight excluding hydrogens is 286 g/mol. The fourth-order valence-corrected chi connectivity index (χ4v) is 2.90. The van der Waals surface area contributed by atoms with Crippen LogP contribution in [0.2, 0.25) is 0 Å². The summed E-state index contributed by atoms with van der Waals surface area (Å²) < 4.78 is 0. The summed E-state index contributed by atoms with van der Waals surface area (Å²) >= 11 is 0. The average molecular weight is 317 g/mol. The Morgan fingerprint density at radius 2 is 2.00 bits per heavy atom. The number of nitrogens with zero attached hydrogens (tertiary/aromatic N) is 3. The Labute approximate surface area is 140 Å². The summed E-state index contributed by atoms with van der Waals surface area (Å²) in [7, 11) is 0. The average Bonchev–Trinajstić information content (AvgIpc) is 2.59. The van der Waals surface area contributed by atoms with Crippen LogP contribution in [0.4, 0.5) is 0 Å². The predicted octanol–water partition coefficient (Wildman–Crippen LogP) is 2.40. The third-order valence-electron chi connectivity index (χ3n) is 4.37. The Kier molecular flexibility index (Phi) is 6.84. The van der Waals surface area contributed by atoms with Crippen molar-refractivity contribution in [2.24, 2.45) is 4.99 Å². The molecule has 5 nitrogen and oxygen atoms in total. The minimum absolute atomic E-state index is 0.140. The SMILES string of the molecule is CCNC(=NCc1ccccn1)NCC(C)(C)N1CCCCC1. The molecule has 2 rings (SSSR count). The number of nitrogens with one attached hydrogen (secondary N) is 2. The van der Waals surface area contributed by atoms with E-state index in [0.717, 1.165) is 24.7 Å². The van der Waals surface area contributed by atoms with Crippen LogP contribution in [0.1, 0.15) is 45.7 Å². The lowest BCUT2D eigenvalue weighted by Crippen LogP contribution is -2.54. The topological polar surface area (TPSA) is 52.6 Å². The number of pyridine rings is 1. The molecule has 128 valence electrons. The first-order valence-corrected chi connectivity index (χ1v) is 8.79. The Hall–Kier alpha value is -1.62. The predicted molar refractivity (Wildman–Crippen MR) is 96.6 cm³/mol. The molecule has 0 spiro atoms. The van der Waals surface area contributed by atoms with E-state index >= 15 is 0 Å². The first-order chi connectivity index (χ1) is 11.1. The van der Waals surface area contributed by atoms with Gasteiger partial charge in [-0.25, -0.2) is 4.99 Å². The highest BCUT2D eigenvalue weighted by Crippen LogP contribution is 2.19. The second-order valence-electron chi connectivity index (χ2n) is 6.73. The third-order valence-corrected chi connectivity index (χ3v) is 4.37. The molecule has 2 N–H and O–H groups in total. The van der Waals surface area contributed by atoms with Crippen molar-refractivity contribution >= 4 is 5.96 Å². The zero-order valence-corrected chi connectivity index (χ0v) is 14.8. The minimum Gasteiger partial charge on any atom is -0.357 e. The van der Waals surface area contributed by atoms with E-state index < -0.39 is 0 Å². The van der Waals surface area contributed by atoms with Gasteiger partial charge in [0.25, 0.3) is 0 Å². The van der Waals surface area contributed by atoms with Gasteiger partial charge in [-0.15, -0.1) is 0 Å². The number of aliphatic imine (C=N–C) groups is 1. The van der Waals surface area contributed by atoms with Crippen LogP contribution in [0.15, 0.2) is 29.4 Å². The molecule has 0 amide bonds. The quantitative estimate of drug-likeness (QED) is 0.625. The molecule has 0 atom stereocenters. The highest BCUT2D eigenvalue weighted by molar-refractivity contribution is 5.79. The fourth-order valence-electron chi connectivity index (χ4n) is 2.90. The second kappa shape index (κ2) is 8.87. The lowest BCUT2D eigenvalue weighted by Gasteiger charge is -2.41. The van der Waals surface area contributed by atoms with Crippen LogP contribution in [-0.4, -0.2) is 47.6 Å². The molecule has 5 heteroatoms. The van der Waals surface area contributed by atoms with Crippen LogP contribution in [0, 0.1) is 0 Å². The van der Waals surface area contributed by atoms with Gasteiger partial charge in [0, 0.05) is 24.8 Å². The first-order valence-electron chi connectivity index (χ1n) is 8.79. The summed E-state index contributed by atoms with van der Waals surface area (Å²) in [6.07, 6.45) is 5.81. The van der Waals surface area contributed by atoms with Crippen molar-refractivity contribution in [1.82, 2.24) is 20.5 Å². The molecule has 2 heterocycles. The lowest BCUT2D eigenvalue weighted by atomic mass is 9.98. The second-order valence-corrected chi connectivity index (χ2v) is 6.73. The van der Waals surface area contributed by atoms with Crippen LogP contribution in [0.3, 0.4) is 0 Å². The van der Waals surface area contributed by atoms with E-state index in [2.05, 4.69) is 46.3 Å². The summed E-state index contributed by atoms with van der Waals surface area (Å²) in [4.78, 5) is 11.6. The molecule has 1 aromatic rings. The van der Waals surface area contributed by atoms with E-state index in [1.165, 1.54) is 32.4 Å². The maximum absolute atomic E-state index is 4.65. The molecule has 0 radical (unpaired) electrons. The van der Waals surface area contributed by atoms with Gasteiger partial charge in [0.05, 0.1) is 12.2 Å². The number of hydrogen-bond acceptors (Lipinski definition) is 3. The van der Waals surface area contributed by atoms with E-state index in [1.54, 1.807) is 0 Å². The molecule has 0 aromatic carbocycles. The van der Waals surface area contributed by atoms with Crippen molar-refractivity contribution in [2.45, 2.75) is 52.1 Å². The fraction of sp³-hybridized carbons (Fsp3) is 0.667. The van der Waals surface area contributed by atoms with Crippen molar-refractivity contribution in [3.63, 3.8) is 0 Å². The monoisotopic (exact) mass is 317 g/mol. The molecular formula is C18H31N5. The summed E-state index contributed by atoms with van der Waals surface area (Å²) in [5.74, 6) is 0.864. The van der Waals surface area contributed by atoms with Crippen molar-refractivity contribution in [3.8, 4) is 0 Å². The normalized spacial score (nSPS) is 17.1. The summed E-state index contributed by atoms with van der Waals surface area (Å²) in [6, 6.07) is 5.93. The Balaban J connectivity index is 1.90. The van der Waals surface area contributed by atoms with Crippen LogP contribution >= 0.6 is 0 Å². The molecule has 0 bridgehead atoms. The zero-order chi connectivity index (χ0) is 16.5. The third kappa shape index (κ3) is 5.82. The molecule has 1 saturated heterocycles. The van der Waals surface area contributed by atoms with Crippen LogP contribution in [0.25, 0.3) is 0 Å². The van der Waals surface area contributed by atoms with Crippen molar-refractivity contribution in [3.05, 3.63) is 30.1 Å². The highest BCUT2D eigenvalue weighted by atomic mass is 15.2. The van der Waals surface area contributed by atoms with Gasteiger partial charge in [0.1, 0.15) is 0 Å². The number of piperidine rings is 1. The van der Waals surface area contributed by atoms with E-state index in [9.17, 15) is 0 Å².